The van der Waals surface area contributed by atoms with Crippen molar-refractivity contribution >= 4 is 17.3 Å². The number of rotatable bonds is 2. The predicted octanol–water partition coefficient (Wildman–Crippen LogP) is 0.268. The fourth-order valence-electron chi connectivity index (χ4n) is 2.08. The monoisotopic (exact) mass is 235 g/mol. The van der Waals surface area contributed by atoms with Gasteiger partial charge in [-0.3, -0.25) is 4.79 Å². The van der Waals surface area contributed by atoms with Crippen molar-refractivity contribution in [3.8, 4) is 0 Å². The number of amides is 1. The molecule has 1 atom stereocenters. The Morgan fingerprint density at radius 1 is 1.53 bits per heavy atom. The molecule has 92 valence electrons. The van der Waals surface area contributed by atoms with Crippen molar-refractivity contribution in [3.05, 3.63) is 23.8 Å². The van der Waals surface area contributed by atoms with Gasteiger partial charge >= 0.3 is 0 Å². The van der Waals surface area contributed by atoms with Crippen LogP contribution in [0.3, 0.4) is 0 Å². The standard InChI is InChI=1S/C12H17N3O2/c1-8-9(13)3-2-4-10(8)15-5-6-17-7-11(15)12(14)16/h2-4,11H,5-7,13H2,1H3,(H2,14,16). The number of nitrogens with two attached hydrogens (primary N) is 2. The summed E-state index contributed by atoms with van der Waals surface area (Å²) in [6, 6.07) is 5.26. The van der Waals surface area contributed by atoms with Crippen LogP contribution in [-0.2, 0) is 9.53 Å². The summed E-state index contributed by atoms with van der Waals surface area (Å²) >= 11 is 0. The molecule has 1 fully saturated rings. The van der Waals surface area contributed by atoms with E-state index in [-0.39, 0.29) is 5.91 Å². The molecular formula is C12H17N3O2. The smallest absolute Gasteiger partial charge is 0.242 e. The second kappa shape index (κ2) is 4.63. The van der Waals surface area contributed by atoms with Crippen LogP contribution in [0.5, 0.6) is 0 Å². The zero-order chi connectivity index (χ0) is 12.4. The largest absolute Gasteiger partial charge is 0.398 e. The van der Waals surface area contributed by atoms with Crippen LogP contribution in [0.15, 0.2) is 18.2 Å². The third-order valence-electron chi connectivity index (χ3n) is 3.11. The number of ether oxygens (including phenoxy) is 1. The second-order valence-electron chi connectivity index (χ2n) is 4.18. The number of anilines is 2. The molecule has 2 rings (SSSR count). The van der Waals surface area contributed by atoms with Crippen LogP contribution in [0.2, 0.25) is 0 Å². The molecule has 0 saturated carbocycles. The zero-order valence-corrected chi connectivity index (χ0v) is 9.85. The second-order valence-corrected chi connectivity index (χ2v) is 4.18. The van der Waals surface area contributed by atoms with Crippen LogP contribution in [0.25, 0.3) is 0 Å². The molecule has 1 aliphatic rings. The molecule has 0 spiro atoms. The normalized spacial score (nSPS) is 20.3. The highest BCUT2D eigenvalue weighted by Crippen LogP contribution is 2.27. The van der Waals surface area contributed by atoms with E-state index < -0.39 is 6.04 Å². The van der Waals surface area contributed by atoms with Crippen LogP contribution in [0.4, 0.5) is 11.4 Å². The van der Waals surface area contributed by atoms with Crippen molar-refractivity contribution < 1.29 is 9.53 Å². The van der Waals surface area contributed by atoms with E-state index in [1.165, 1.54) is 0 Å². The lowest BCUT2D eigenvalue weighted by atomic mass is 10.1. The number of nitrogens with zero attached hydrogens (tertiary/aromatic N) is 1. The number of carbonyl (C=O) groups is 1. The minimum atomic E-state index is -0.413. The van der Waals surface area contributed by atoms with Gasteiger partial charge in [-0.1, -0.05) is 6.07 Å². The van der Waals surface area contributed by atoms with Crippen LogP contribution in [0, 0.1) is 6.92 Å². The molecule has 0 bridgehead atoms. The van der Waals surface area contributed by atoms with Gasteiger partial charge in [0.05, 0.1) is 13.2 Å². The van der Waals surface area contributed by atoms with Crippen molar-refractivity contribution in [2.24, 2.45) is 5.73 Å². The molecule has 1 amide bonds. The highest BCUT2D eigenvalue weighted by molar-refractivity contribution is 5.85. The molecule has 1 heterocycles. The minimum Gasteiger partial charge on any atom is -0.398 e. The maximum atomic E-state index is 11.4. The van der Waals surface area contributed by atoms with E-state index in [0.717, 1.165) is 16.9 Å². The van der Waals surface area contributed by atoms with Gasteiger partial charge in [0.15, 0.2) is 0 Å². The zero-order valence-electron chi connectivity index (χ0n) is 9.85. The number of benzene rings is 1. The molecule has 0 aromatic heterocycles. The summed E-state index contributed by atoms with van der Waals surface area (Å²) in [5.74, 6) is -0.369. The highest BCUT2D eigenvalue weighted by Gasteiger charge is 2.28. The van der Waals surface area contributed by atoms with Gasteiger partial charge in [0.2, 0.25) is 5.91 Å². The molecule has 1 aliphatic heterocycles. The minimum absolute atomic E-state index is 0.337. The molecule has 0 radical (unpaired) electrons. The summed E-state index contributed by atoms with van der Waals surface area (Å²) in [6.07, 6.45) is 0. The average Bonchev–Trinajstić information content (AvgIpc) is 2.33. The van der Waals surface area contributed by atoms with Gasteiger partial charge in [0.25, 0.3) is 0 Å². The lowest BCUT2D eigenvalue weighted by molar-refractivity contribution is -0.121. The van der Waals surface area contributed by atoms with E-state index >= 15 is 0 Å². The molecule has 17 heavy (non-hydrogen) atoms. The summed E-state index contributed by atoms with van der Waals surface area (Å²) < 4.78 is 5.29. The number of carbonyl (C=O) groups excluding carboxylic acids is 1. The predicted molar refractivity (Wildman–Crippen MR) is 66.7 cm³/mol. The summed E-state index contributed by atoms with van der Waals surface area (Å²) in [5, 5.41) is 0. The van der Waals surface area contributed by atoms with E-state index in [0.29, 0.717) is 19.8 Å². The number of morpholine rings is 1. The Kier molecular flexibility index (Phi) is 3.19. The van der Waals surface area contributed by atoms with Crippen molar-refractivity contribution in [2.75, 3.05) is 30.4 Å². The Balaban J connectivity index is 2.36. The Labute approximate surface area is 100 Å². The first-order valence-corrected chi connectivity index (χ1v) is 5.60. The first kappa shape index (κ1) is 11.7. The van der Waals surface area contributed by atoms with E-state index in [1.54, 1.807) is 0 Å². The molecule has 1 saturated heterocycles. The fourth-order valence-corrected chi connectivity index (χ4v) is 2.08. The first-order chi connectivity index (χ1) is 8.11. The molecule has 1 aromatic carbocycles. The molecule has 1 unspecified atom stereocenters. The number of hydrogen-bond donors (Lipinski definition) is 2. The SMILES string of the molecule is Cc1c(N)cccc1N1CCOCC1C(N)=O. The quantitative estimate of drug-likeness (QED) is 0.721. The summed E-state index contributed by atoms with van der Waals surface area (Å²) in [7, 11) is 0. The van der Waals surface area contributed by atoms with Gasteiger partial charge in [-0.25, -0.2) is 0 Å². The van der Waals surface area contributed by atoms with Crippen LogP contribution in [-0.4, -0.2) is 31.7 Å². The van der Waals surface area contributed by atoms with Crippen LogP contribution < -0.4 is 16.4 Å². The van der Waals surface area contributed by atoms with Crippen LogP contribution in [0.1, 0.15) is 5.56 Å². The molecule has 5 heteroatoms. The Morgan fingerprint density at radius 3 is 3.00 bits per heavy atom. The topological polar surface area (TPSA) is 81.6 Å². The summed E-state index contributed by atoms with van der Waals surface area (Å²) in [5.41, 5.74) is 13.9. The summed E-state index contributed by atoms with van der Waals surface area (Å²) in [4.78, 5) is 13.4. The maximum absolute atomic E-state index is 11.4. The van der Waals surface area contributed by atoms with Gasteiger partial charge in [-0.15, -0.1) is 0 Å². The Hall–Kier alpha value is -1.75. The average molecular weight is 235 g/mol. The third kappa shape index (κ3) is 2.19. The lowest BCUT2D eigenvalue weighted by Gasteiger charge is -2.36. The van der Waals surface area contributed by atoms with Gasteiger partial charge in [0, 0.05) is 17.9 Å². The van der Waals surface area contributed by atoms with Gasteiger partial charge in [0.1, 0.15) is 6.04 Å². The molecule has 5 nitrogen and oxygen atoms in total. The van der Waals surface area contributed by atoms with E-state index in [9.17, 15) is 4.79 Å². The van der Waals surface area contributed by atoms with E-state index in [2.05, 4.69) is 0 Å². The molecular weight excluding hydrogens is 218 g/mol. The van der Waals surface area contributed by atoms with Crippen molar-refractivity contribution in [1.82, 2.24) is 0 Å². The first-order valence-electron chi connectivity index (χ1n) is 5.60. The molecule has 0 aliphatic carbocycles. The van der Waals surface area contributed by atoms with Gasteiger partial charge in [-0.05, 0) is 24.6 Å². The Bertz CT molecular complexity index is 434. The summed E-state index contributed by atoms with van der Waals surface area (Å²) in [6.45, 7) is 3.53. The van der Waals surface area contributed by atoms with E-state index in [1.807, 2.05) is 30.0 Å². The van der Waals surface area contributed by atoms with Gasteiger partial charge in [-0.2, -0.15) is 0 Å². The Morgan fingerprint density at radius 2 is 2.29 bits per heavy atom. The van der Waals surface area contributed by atoms with Crippen LogP contribution >= 0.6 is 0 Å². The molecule has 1 aromatic rings. The number of nitrogen functional groups attached to an aromatic ring is 1. The third-order valence-corrected chi connectivity index (χ3v) is 3.11. The van der Waals surface area contributed by atoms with Crippen molar-refractivity contribution in [3.63, 3.8) is 0 Å². The van der Waals surface area contributed by atoms with Gasteiger partial charge < -0.3 is 21.1 Å². The van der Waals surface area contributed by atoms with Crippen molar-refractivity contribution in [2.45, 2.75) is 13.0 Å². The maximum Gasteiger partial charge on any atom is 0.242 e. The highest BCUT2D eigenvalue weighted by atomic mass is 16.5. The van der Waals surface area contributed by atoms with Crippen molar-refractivity contribution in [1.29, 1.82) is 0 Å². The molecule has 4 N–H and O–H groups in total. The number of primary amides is 1. The fraction of sp³-hybridized carbons (Fsp3) is 0.417. The van der Waals surface area contributed by atoms with E-state index in [4.69, 9.17) is 16.2 Å². The number of hydrogen-bond acceptors (Lipinski definition) is 4. The lowest BCUT2D eigenvalue weighted by Crippen LogP contribution is -2.52.